The summed E-state index contributed by atoms with van der Waals surface area (Å²) in [5.41, 5.74) is 0. The first-order chi connectivity index (χ1) is 22.3. The van der Waals surface area contributed by atoms with Gasteiger partial charge in [0.25, 0.3) is 0 Å². The van der Waals surface area contributed by atoms with E-state index in [1.54, 1.807) is 0 Å². The first kappa shape index (κ1) is 43.9. The summed E-state index contributed by atoms with van der Waals surface area (Å²) in [4.78, 5) is 45.3. The van der Waals surface area contributed by atoms with Crippen molar-refractivity contribution in [1.82, 2.24) is 10.6 Å². The van der Waals surface area contributed by atoms with E-state index in [2.05, 4.69) is 17.6 Å². The van der Waals surface area contributed by atoms with E-state index in [9.17, 15) is 19.2 Å². The summed E-state index contributed by atoms with van der Waals surface area (Å²) in [6.07, 6.45) is 32.3. The molecule has 0 saturated heterocycles. The summed E-state index contributed by atoms with van der Waals surface area (Å²) in [6, 6.07) is 0.177. The van der Waals surface area contributed by atoms with Crippen LogP contribution in [0.3, 0.4) is 0 Å². The molecule has 0 rings (SSSR count). The minimum Gasteiger partial charge on any atom is -0.481 e. The molecule has 0 aromatic carbocycles. The van der Waals surface area contributed by atoms with Crippen molar-refractivity contribution in [3.8, 4) is 0 Å². The lowest BCUT2D eigenvalue weighted by Crippen LogP contribution is -2.32. The van der Waals surface area contributed by atoms with E-state index in [0.29, 0.717) is 32.2 Å². The molecule has 0 saturated carbocycles. The van der Waals surface area contributed by atoms with Gasteiger partial charge in [-0.3, -0.25) is 19.2 Å². The van der Waals surface area contributed by atoms with Gasteiger partial charge in [0.1, 0.15) is 0 Å². The monoisotopic (exact) mass is 653 g/mol. The fourth-order valence-electron chi connectivity index (χ4n) is 5.97. The van der Waals surface area contributed by atoms with Crippen LogP contribution >= 0.6 is 0 Å². The second-order valence-corrected chi connectivity index (χ2v) is 13.6. The highest BCUT2D eigenvalue weighted by Gasteiger charge is 2.08. The van der Waals surface area contributed by atoms with E-state index in [0.717, 1.165) is 83.5 Å². The maximum Gasteiger partial charge on any atom is 0.303 e. The summed E-state index contributed by atoms with van der Waals surface area (Å²) in [6.45, 7) is 2.79. The second-order valence-electron chi connectivity index (χ2n) is 13.6. The third-order valence-electron chi connectivity index (χ3n) is 8.88. The van der Waals surface area contributed by atoms with E-state index < -0.39 is 11.9 Å². The molecule has 8 heteroatoms. The van der Waals surface area contributed by atoms with Gasteiger partial charge < -0.3 is 20.8 Å². The summed E-state index contributed by atoms with van der Waals surface area (Å²) >= 11 is 0. The van der Waals surface area contributed by atoms with Crippen LogP contribution in [0.25, 0.3) is 0 Å². The first-order valence-corrected chi connectivity index (χ1v) is 19.3. The van der Waals surface area contributed by atoms with Crippen LogP contribution in [0, 0.1) is 0 Å². The van der Waals surface area contributed by atoms with Crippen LogP contribution in [0.4, 0.5) is 0 Å². The van der Waals surface area contributed by atoms with Crippen LogP contribution in [-0.2, 0) is 19.2 Å². The third kappa shape index (κ3) is 36.3. The quantitative estimate of drug-likeness (QED) is 0.0498. The number of nitrogens with one attached hydrogen (secondary N) is 2. The predicted octanol–water partition coefficient (Wildman–Crippen LogP) is 9.87. The van der Waals surface area contributed by atoms with Gasteiger partial charge in [-0.15, -0.1) is 0 Å². The van der Waals surface area contributed by atoms with Gasteiger partial charge in [0.2, 0.25) is 11.8 Å². The molecule has 0 aromatic rings. The van der Waals surface area contributed by atoms with Gasteiger partial charge in [-0.25, -0.2) is 0 Å². The van der Waals surface area contributed by atoms with Crippen molar-refractivity contribution in [2.75, 3.05) is 6.54 Å². The number of hydrogen-bond donors (Lipinski definition) is 4. The second kappa shape index (κ2) is 34.2. The highest BCUT2D eigenvalue weighted by molar-refractivity contribution is 5.76. The average molecular weight is 653 g/mol. The predicted molar refractivity (Wildman–Crippen MR) is 189 cm³/mol. The van der Waals surface area contributed by atoms with E-state index in [-0.39, 0.29) is 17.9 Å². The third-order valence-corrected chi connectivity index (χ3v) is 8.88. The highest BCUT2D eigenvalue weighted by Crippen LogP contribution is 2.14. The molecule has 4 N–H and O–H groups in total. The molecule has 46 heavy (non-hydrogen) atoms. The van der Waals surface area contributed by atoms with Crippen LogP contribution in [0.2, 0.25) is 0 Å². The lowest BCUT2D eigenvalue weighted by Gasteiger charge is -2.14. The summed E-state index contributed by atoms with van der Waals surface area (Å²) in [7, 11) is 0. The topological polar surface area (TPSA) is 133 Å². The Balaban J connectivity index is 3.38. The zero-order valence-corrected chi connectivity index (χ0v) is 29.7. The molecule has 270 valence electrons. The van der Waals surface area contributed by atoms with Crippen molar-refractivity contribution in [3.05, 3.63) is 0 Å². The molecule has 0 spiro atoms. The zero-order valence-electron chi connectivity index (χ0n) is 29.7. The van der Waals surface area contributed by atoms with Crippen LogP contribution in [0.15, 0.2) is 0 Å². The minimum atomic E-state index is -0.687. The van der Waals surface area contributed by atoms with Crippen molar-refractivity contribution < 1.29 is 29.4 Å². The zero-order chi connectivity index (χ0) is 33.9. The Morgan fingerprint density at radius 1 is 0.413 bits per heavy atom. The van der Waals surface area contributed by atoms with Gasteiger partial charge in [0, 0.05) is 38.3 Å². The lowest BCUT2D eigenvalue weighted by atomic mass is 10.0. The minimum absolute atomic E-state index is 0.158. The molecule has 1 atom stereocenters. The van der Waals surface area contributed by atoms with Crippen LogP contribution in [0.1, 0.15) is 206 Å². The Morgan fingerprint density at radius 3 is 1.07 bits per heavy atom. The van der Waals surface area contributed by atoms with Gasteiger partial charge in [-0.05, 0) is 51.9 Å². The number of carbonyl (C=O) groups excluding carboxylic acids is 2. The Bertz CT molecular complexity index is 745. The average Bonchev–Trinajstić information content (AvgIpc) is 3.00. The number of amides is 2. The number of hydrogen-bond acceptors (Lipinski definition) is 4. The van der Waals surface area contributed by atoms with Gasteiger partial charge >= 0.3 is 11.9 Å². The van der Waals surface area contributed by atoms with E-state index in [1.165, 1.54) is 89.9 Å². The van der Waals surface area contributed by atoms with Crippen molar-refractivity contribution in [3.63, 3.8) is 0 Å². The summed E-state index contributed by atoms with van der Waals surface area (Å²) < 4.78 is 0. The molecule has 0 aliphatic carbocycles. The van der Waals surface area contributed by atoms with Crippen molar-refractivity contribution >= 4 is 23.8 Å². The molecule has 0 fully saturated rings. The molecule has 0 heterocycles. The molecule has 0 aromatic heterocycles. The largest absolute Gasteiger partial charge is 0.481 e. The summed E-state index contributed by atoms with van der Waals surface area (Å²) in [5.74, 6) is -1.06. The molecule has 0 radical (unpaired) electrons. The van der Waals surface area contributed by atoms with Crippen LogP contribution in [0.5, 0.6) is 0 Å². The molecule has 0 unspecified atom stereocenters. The van der Waals surface area contributed by atoms with E-state index in [4.69, 9.17) is 10.2 Å². The van der Waals surface area contributed by atoms with Crippen molar-refractivity contribution in [1.29, 1.82) is 0 Å². The Hall–Kier alpha value is -2.12. The Kier molecular flexibility index (Phi) is 32.6. The fourth-order valence-corrected chi connectivity index (χ4v) is 5.97. The lowest BCUT2D eigenvalue weighted by molar-refractivity contribution is -0.138. The van der Waals surface area contributed by atoms with Crippen LogP contribution < -0.4 is 10.6 Å². The molecule has 8 nitrogen and oxygen atoms in total. The molecule has 0 aliphatic heterocycles. The Morgan fingerprint density at radius 2 is 0.717 bits per heavy atom. The molecule has 0 aliphatic rings. The number of carboxylic acid groups (broad SMARTS) is 2. The summed E-state index contributed by atoms with van der Waals surface area (Å²) in [5, 5.41) is 23.4. The Labute approximate surface area is 282 Å². The number of unbranched alkanes of at least 4 members (excludes halogenated alkanes) is 23. The maximum atomic E-state index is 12.2. The van der Waals surface area contributed by atoms with E-state index in [1.807, 2.05) is 0 Å². The highest BCUT2D eigenvalue weighted by atomic mass is 16.4. The van der Waals surface area contributed by atoms with E-state index >= 15 is 0 Å². The smallest absolute Gasteiger partial charge is 0.303 e. The van der Waals surface area contributed by atoms with Gasteiger partial charge in [0.15, 0.2) is 0 Å². The van der Waals surface area contributed by atoms with Gasteiger partial charge in [0.05, 0.1) is 0 Å². The first-order valence-electron chi connectivity index (χ1n) is 19.3. The SMILES string of the molecule is C[C@H](CCCCNC(=O)CCCCCCCCCCCCCCC(=O)O)NC(=O)CCCCCCCCCCCCCCC(=O)O. The number of carbonyl (C=O) groups is 4. The molecular weight excluding hydrogens is 580 g/mol. The van der Waals surface area contributed by atoms with Gasteiger partial charge in [-0.1, -0.05) is 128 Å². The number of rotatable bonds is 36. The standard InChI is InChI=1S/C38H72N2O6/c1-34(40-36(42)30-23-19-15-11-7-3-5-9-13-17-21-25-32-38(45)46)28-26-27-33-39-35(41)29-22-18-14-10-6-2-4-8-12-16-20-24-31-37(43)44/h34H,2-33H2,1H3,(H,39,41)(H,40,42)(H,43,44)(H,45,46)/t34-/m1/s1. The van der Waals surface area contributed by atoms with Crippen LogP contribution in [-0.4, -0.2) is 46.6 Å². The van der Waals surface area contributed by atoms with Crippen molar-refractivity contribution in [2.24, 2.45) is 0 Å². The fraction of sp³-hybridized carbons (Fsp3) is 0.895. The molecular formula is C38H72N2O6. The number of carboxylic acids is 2. The maximum absolute atomic E-state index is 12.2. The normalized spacial score (nSPS) is 11.8. The molecule has 2 amide bonds. The molecule has 0 bridgehead atoms. The van der Waals surface area contributed by atoms with Crippen molar-refractivity contribution in [2.45, 2.75) is 212 Å². The number of aliphatic carboxylic acids is 2. The van der Waals surface area contributed by atoms with Gasteiger partial charge in [-0.2, -0.15) is 0 Å².